The largest absolute Gasteiger partial charge is 0.456 e. The molecule has 5 nitrogen and oxygen atoms in total. The fourth-order valence-electron chi connectivity index (χ4n) is 7.60. The van der Waals surface area contributed by atoms with Gasteiger partial charge in [0.25, 0.3) is 0 Å². The Balaban J connectivity index is 1.15. The van der Waals surface area contributed by atoms with Crippen LogP contribution in [0.4, 0.5) is 0 Å². The van der Waals surface area contributed by atoms with Crippen molar-refractivity contribution in [3.05, 3.63) is 158 Å². The molecular formula is C45H26N4OS. The van der Waals surface area contributed by atoms with Gasteiger partial charge in [0, 0.05) is 58.4 Å². The van der Waals surface area contributed by atoms with Crippen molar-refractivity contribution in [2.45, 2.75) is 0 Å². The molecule has 4 aromatic heterocycles. The van der Waals surface area contributed by atoms with Crippen LogP contribution in [-0.4, -0.2) is 19.5 Å². The summed E-state index contributed by atoms with van der Waals surface area (Å²) < 4.78 is 11.6. The van der Waals surface area contributed by atoms with E-state index in [-0.39, 0.29) is 0 Å². The molecule has 0 amide bonds. The van der Waals surface area contributed by atoms with Crippen LogP contribution in [0, 0.1) is 0 Å². The van der Waals surface area contributed by atoms with Crippen LogP contribution < -0.4 is 0 Å². The molecule has 0 unspecified atom stereocenters. The van der Waals surface area contributed by atoms with Crippen LogP contribution in [0.5, 0.6) is 0 Å². The average molecular weight is 671 g/mol. The Labute approximate surface area is 295 Å². The maximum absolute atomic E-state index is 6.67. The number of hydrogen-bond acceptors (Lipinski definition) is 5. The number of furan rings is 1. The lowest BCUT2D eigenvalue weighted by Gasteiger charge is -2.10. The summed E-state index contributed by atoms with van der Waals surface area (Å²) in [4.78, 5) is 14.8. The Kier molecular flexibility index (Phi) is 6.05. The van der Waals surface area contributed by atoms with Crippen LogP contribution in [0.1, 0.15) is 0 Å². The highest BCUT2D eigenvalue weighted by atomic mass is 32.1. The molecule has 4 heterocycles. The Morgan fingerprint density at radius 3 is 1.67 bits per heavy atom. The molecule has 6 heteroatoms. The number of aromatic nitrogens is 4. The molecular weight excluding hydrogens is 645 g/mol. The molecule has 0 fully saturated rings. The number of rotatable bonds is 4. The topological polar surface area (TPSA) is 56.7 Å². The predicted molar refractivity (Wildman–Crippen MR) is 211 cm³/mol. The highest BCUT2D eigenvalue weighted by Gasteiger charge is 2.21. The van der Waals surface area contributed by atoms with Gasteiger partial charge in [-0.2, -0.15) is 0 Å². The second-order valence-corrected chi connectivity index (χ2v) is 13.9. The van der Waals surface area contributed by atoms with E-state index in [1.165, 1.54) is 47.7 Å². The Hall–Kier alpha value is -6.63. The van der Waals surface area contributed by atoms with Crippen molar-refractivity contribution < 1.29 is 4.42 Å². The molecule has 0 N–H and O–H groups in total. The standard InChI is InChI=1S/C45H26N4OS/c1-3-12-27(13-4-1)43-46-44(28-14-5-2-6-15-28)48-45(47-43)29-22-23-32-37(26-29)50-36-24-25-39-42(40(32)36)41-35(20-11-21-38(41)51-39)49-33-18-9-7-16-30(33)31-17-8-10-19-34(31)49/h1-26H. The van der Waals surface area contributed by atoms with Crippen molar-refractivity contribution in [3.63, 3.8) is 0 Å². The second-order valence-electron chi connectivity index (χ2n) is 12.8. The molecule has 0 spiro atoms. The summed E-state index contributed by atoms with van der Waals surface area (Å²) in [5.74, 6) is 1.87. The van der Waals surface area contributed by atoms with Crippen molar-refractivity contribution >= 4 is 75.3 Å². The normalized spacial score (nSPS) is 11.9. The molecule has 0 atom stereocenters. The first kappa shape index (κ1) is 28.2. The third kappa shape index (κ3) is 4.30. The number of fused-ring (bicyclic) bond motifs is 10. The van der Waals surface area contributed by atoms with Gasteiger partial charge in [-0.05, 0) is 48.5 Å². The van der Waals surface area contributed by atoms with Gasteiger partial charge in [-0.15, -0.1) is 11.3 Å². The summed E-state index contributed by atoms with van der Waals surface area (Å²) in [6, 6.07) is 54.8. The van der Waals surface area contributed by atoms with Gasteiger partial charge in [0.1, 0.15) is 11.2 Å². The number of benzene rings is 7. The highest BCUT2D eigenvalue weighted by molar-refractivity contribution is 7.26. The van der Waals surface area contributed by atoms with Crippen LogP contribution in [0.25, 0.3) is 104 Å². The zero-order chi connectivity index (χ0) is 33.5. The first-order chi connectivity index (χ1) is 25.3. The van der Waals surface area contributed by atoms with Gasteiger partial charge in [-0.1, -0.05) is 109 Å². The van der Waals surface area contributed by atoms with Gasteiger partial charge in [-0.3, -0.25) is 0 Å². The van der Waals surface area contributed by atoms with Crippen molar-refractivity contribution in [3.8, 4) is 39.9 Å². The molecule has 0 bridgehead atoms. The van der Waals surface area contributed by atoms with Crippen LogP contribution in [0.15, 0.2) is 162 Å². The lowest BCUT2D eigenvalue weighted by Crippen LogP contribution is -2.00. The predicted octanol–water partition coefficient (Wildman–Crippen LogP) is 12.2. The minimum Gasteiger partial charge on any atom is -0.456 e. The molecule has 11 aromatic rings. The zero-order valence-electron chi connectivity index (χ0n) is 27.1. The summed E-state index contributed by atoms with van der Waals surface area (Å²) >= 11 is 1.83. The molecule has 0 saturated carbocycles. The quantitative estimate of drug-likeness (QED) is 0.187. The third-order valence-corrected chi connectivity index (χ3v) is 11.0. The number of hydrogen-bond donors (Lipinski definition) is 0. The average Bonchev–Trinajstić information content (AvgIpc) is 3.87. The Bertz CT molecular complexity index is 3030. The molecule has 238 valence electrons. The smallest absolute Gasteiger partial charge is 0.164 e. The summed E-state index contributed by atoms with van der Waals surface area (Å²) in [6.07, 6.45) is 0. The van der Waals surface area contributed by atoms with Gasteiger partial charge in [0.2, 0.25) is 0 Å². The van der Waals surface area contributed by atoms with Crippen molar-refractivity contribution in [1.82, 2.24) is 19.5 Å². The monoisotopic (exact) mass is 670 g/mol. The third-order valence-electron chi connectivity index (χ3n) is 9.85. The lowest BCUT2D eigenvalue weighted by molar-refractivity contribution is 0.669. The minimum absolute atomic E-state index is 0.602. The molecule has 0 saturated heterocycles. The number of nitrogens with zero attached hydrogens (tertiary/aromatic N) is 4. The van der Waals surface area contributed by atoms with Crippen LogP contribution in [-0.2, 0) is 0 Å². The van der Waals surface area contributed by atoms with E-state index in [0.717, 1.165) is 38.6 Å². The first-order valence-corrected chi connectivity index (χ1v) is 17.8. The molecule has 51 heavy (non-hydrogen) atoms. The molecule has 7 aromatic carbocycles. The fourth-order valence-corrected chi connectivity index (χ4v) is 8.74. The van der Waals surface area contributed by atoms with Crippen molar-refractivity contribution in [2.75, 3.05) is 0 Å². The van der Waals surface area contributed by atoms with E-state index < -0.39 is 0 Å². The van der Waals surface area contributed by atoms with Crippen molar-refractivity contribution in [1.29, 1.82) is 0 Å². The number of thiophene rings is 1. The summed E-state index contributed by atoms with van der Waals surface area (Å²) in [5.41, 5.74) is 7.96. The van der Waals surface area contributed by atoms with Gasteiger partial charge in [0.05, 0.1) is 16.7 Å². The van der Waals surface area contributed by atoms with Gasteiger partial charge >= 0.3 is 0 Å². The first-order valence-electron chi connectivity index (χ1n) is 16.9. The Morgan fingerprint density at radius 1 is 0.412 bits per heavy atom. The van der Waals surface area contributed by atoms with Crippen LogP contribution in [0.2, 0.25) is 0 Å². The van der Waals surface area contributed by atoms with E-state index in [1.54, 1.807) is 0 Å². The maximum atomic E-state index is 6.67. The zero-order valence-corrected chi connectivity index (χ0v) is 27.9. The van der Waals surface area contributed by atoms with E-state index in [2.05, 4.69) is 102 Å². The van der Waals surface area contributed by atoms with Gasteiger partial charge in [0.15, 0.2) is 17.5 Å². The molecule has 11 rings (SSSR count). The van der Waals surface area contributed by atoms with Crippen LogP contribution >= 0.6 is 11.3 Å². The second kappa shape index (κ2) is 10.9. The number of para-hydroxylation sites is 2. The Morgan fingerprint density at radius 2 is 1.00 bits per heavy atom. The van der Waals surface area contributed by atoms with E-state index >= 15 is 0 Å². The van der Waals surface area contributed by atoms with Crippen molar-refractivity contribution in [2.24, 2.45) is 0 Å². The minimum atomic E-state index is 0.602. The fraction of sp³-hybridized carbons (Fsp3) is 0. The van der Waals surface area contributed by atoms with E-state index in [9.17, 15) is 0 Å². The summed E-state index contributed by atoms with van der Waals surface area (Å²) in [6.45, 7) is 0. The molecule has 0 aliphatic heterocycles. The molecule has 0 aliphatic carbocycles. The van der Waals surface area contributed by atoms with E-state index in [0.29, 0.717) is 17.5 Å². The SMILES string of the molecule is c1ccc(-c2nc(-c3ccccc3)nc(-c3ccc4c(c3)oc3ccc5sc6cccc(-n7c8ccccc8c8ccccc87)c6c5c34)n2)cc1. The van der Waals surface area contributed by atoms with Gasteiger partial charge < -0.3 is 8.98 Å². The lowest BCUT2D eigenvalue weighted by atomic mass is 10.0. The molecule has 0 aliphatic rings. The highest BCUT2D eigenvalue weighted by Crippen LogP contribution is 2.46. The molecule has 0 radical (unpaired) electrons. The van der Waals surface area contributed by atoms with E-state index in [4.69, 9.17) is 19.4 Å². The van der Waals surface area contributed by atoms with E-state index in [1.807, 2.05) is 72.0 Å². The summed E-state index contributed by atoms with van der Waals surface area (Å²) in [5, 5.41) is 7.14. The summed E-state index contributed by atoms with van der Waals surface area (Å²) in [7, 11) is 0. The maximum Gasteiger partial charge on any atom is 0.164 e. The van der Waals surface area contributed by atoms with Crippen LogP contribution in [0.3, 0.4) is 0 Å². The van der Waals surface area contributed by atoms with Gasteiger partial charge in [-0.25, -0.2) is 15.0 Å².